The average molecular weight is 235 g/mol. The average Bonchev–Trinajstić information content (AvgIpc) is 2.37. The summed E-state index contributed by atoms with van der Waals surface area (Å²) in [4.78, 5) is 2.55. The van der Waals surface area contributed by atoms with Crippen LogP contribution in [0.1, 0.15) is 32.3 Å². The molecule has 0 heterocycles. The number of rotatable bonds is 8. The minimum absolute atomic E-state index is 0.938. The summed E-state index contributed by atoms with van der Waals surface area (Å²) in [5, 5.41) is 0. The van der Waals surface area contributed by atoms with Crippen molar-refractivity contribution in [2.75, 3.05) is 26.7 Å². The van der Waals surface area contributed by atoms with Crippen LogP contribution in [0.25, 0.3) is 0 Å². The maximum absolute atomic E-state index is 5.16. The summed E-state index contributed by atoms with van der Waals surface area (Å²) in [5.74, 6) is 0.938. The molecule has 0 unspecified atom stereocenters. The van der Waals surface area contributed by atoms with Gasteiger partial charge in [-0.1, -0.05) is 26.0 Å². The third-order valence-corrected chi connectivity index (χ3v) is 2.96. The van der Waals surface area contributed by atoms with Crippen molar-refractivity contribution < 1.29 is 4.74 Å². The lowest BCUT2D eigenvalue weighted by atomic mass is 10.1. The quantitative estimate of drug-likeness (QED) is 0.685. The van der Waals surface area contributed by atoms with Crippen LogP contribution in [0, 0.1) is 0 Å². The zero-order valence-corrected chi connectivity index (χ0v) is 11.4. The highest BCUT2D eigenvalue weighted by molar-refractivity contribution is 5.27. The van der Waals surface area contributed by atoms with Gasteiger partial charge in [-0.2, -0.15) is 0 Å². The van der Waals surface area contributed by atoms with E-state index in [4.69, 9.17) is 4.74 Å². The van der Waals surface area contributed by atoms with Crippen LogP contribution < -0.4 is 4.74 Å². The third kappa shape index (κ3) is 5.22. The molecule has 0 bridgehead atoms. The van der Waals surface area contributed by atoms with E-state index in [1.54, 1.807) is 7.11 Å². The summed E-state index contributed by atoms with van der Waals surface area (Å²) >= 11 is 0. The van der Waals surface area contributed by atoms with Crippen LogP contribution >= 0.6 is 0 Å². The fourth-order valence-corrected chi connectivity index (χ4v) is 2.05. The Morgan fingerprint density at radius 3 is 2.00 bits per heavy atom. The topological polar surface area (TPSA) is 12.5 Å². The molecule has 0 aromatic heterocycles. The largest absolute Gasteiger partial charge is 0.497 e. The Bertz CT molecular complexity index is 288. The Balaban J connectivity index is 2.41. The summed E-state index contributed by atoms with van der Waals surface area (Å²) in [6.45, 7) is 8.08. The Morgan fingerprint density at radius 2 is 1.53 bits per heavy atom. The summed E-state index contributed by atoms with van der Waals surface area (Å²) in [6, 6.07) is 8.41. The minimum atomic E-state index is 0.938. The molecule has 0 N–H and O–H groups in total. The highest BCUT2D eigenvalue weighted by atomic mass is 16.5. The molecule has 0 aliphatic rings. The first-order valence-corrected chi connectivity index (χ1v) is 6.65. The first-order chi connectivity index (χ1) is 8.30. The Morgan fingerprint density at radius 1 is 0.941 bits per heavy atom. The van der Waals surface area contributed by atoms with E-state index >= 15 is 0 Å². The minimum Gasteiger partial charge on any atom is -0.497 e. The zero-order chi connectivity index (χ0) is 12.5. The van der Waals surface area contributed by atoms with E-state index in [1.807, 2.05) is 12.1 Å². The lowest BCUT2D eigenvalue weighted by molar-refractivity contribution is 0.278. The molecule has 2 heteroatoms. The van der Waals surface area contributed by atoms with Crippen molar-refractivity contribution in [3.05, 3.63) is 29.8 Å². The molecule has 0 aliphatic heterocycles. The Labute approximate surface area is 106 Å². The predicted molar refractivity (Wildman–Crippen MR) is 73.7 cm³/mol. The molecule has 0 amide bonds. The molecule has 0 spiro atoms. The summed E-state index contributed by atoms with van der Waals surface area (Å²) in [7, 11) is 1.71. The van der Waals surface area contributed by atoms with E-state index in [0.717, 1.165) is 18.7 Å². The van der Waals surface area contributed by atoms with Crippen molar-refractivity contribution in [1.82, 2.24) is 4.90 Å². The molecule has 0 radical (unpaired) electrons. The second-order valence-electron chi connectivity index (χ2n) is 4.44. The molecule has 1 rings (SSSR count). The molecule has 0 atom stereocenters. The van der Waals surface area contributed by atoms with Crippen LogP contribution in [0.3, 0.4) is 0 Å². The number of methoxy groups -OCH3 is 1. The van der Waals surface area contributed by atoms with Gasteiger partial charge in [-0.3, -0.25) is 0 Å². The van der Waals surface area contributed by atoms with Crippen LogP contribution in [-0.2, 0) is 6.42 Å². The predicted octanol–water partition coefficient (Wildman–Crippen LogP) is 3.36. The van der Waals surface area contributed by atoms with Gasteiger partial charge in [-0.05, 0) is 50.0 Å². The Kier molecular flexibility index (Phi) is 6.71. The van der Waals surface area contributed by atoms with Crippen LogP contribution in [-0.4, -0.2) is 31.6 Å². The van der Waals surface area contributed by atoms with Gasteiger partial charge in [0.15, 0.2) is 0 Å². The number of nitrogens with zero attached hydrogens (tertiary/aromatic N) is 1. The molecule has 0 saturated carbocycles. The van der Waals surface area contributed by atoms with Gasteiger partial charge in [0.2, 0.25) is 0 Å². The number of hydrogen-bond donors (Lipinski definition) is 0. The monoisotopic (exact) mass is 235 g/mol. The molecule has 96 valence electrons. The number of hydrogen-bond acceptors (Lipinski definition) is 2. The normalized spacial score (nSPS) is 10.8. The standard InChI is InChI=1S/C15H25NO/c1-4-11-16(12-5-2)13-10-14-6-8-15(17-3)9-7-14/h6-9H,4-5,10-13H2,1-3H3. The first-order valence-electron chi connectivity index (χ1n) is 6.65. The highest BCUT2D eigenvalue weighted by Gasteiger charge is 2.02. The van der Waals surface area contributed by atoms with Gasteiger partial charge in [0.05, 0.1) is 7.11 Å². The van der Waals surface area contributed by atoms with Crippen LogP contribution in [0.4, 0.5) is 0 Å². The van der Waals surface area contributed by atoms with Crippen molar-refractivity contribution in [3.63, 3.8) is 0 Å². The van der Waals surface area contributed by atoms with Gasteiger partial charge in [-0.15, -0.1) is 0 Å². The van der Waals surface area contributed by atoms with Crippen molar-refractivity contribution in [1.29, 1.82) is 0 Å². The molecule has 0 aliphatic carbocycles. The molecule has 2 nitrogen and oxygen atoms in total. The van der Waals surface area contributed by atoms with Crippen LogP contribution in [0.15, 0.2) is 24.3 Å². The third-order valence-electron chi connectivity index (χ3n) is 2.96. The van der Waals surface area contributed by atoms with Gasteiger partial charge in [-0.25, -0.2) is 0 Å². The Hall–Kier alpha value is -1.02. The molecular formula is C15H25NO. The van der Waals surface area contributed by atoms with E-state index in [2.05, 4.69) is 30.9 Å². The molecular weight excluding hydrogens is 210 g/mol. The van der Waals surface area contributed by atoms with Crippen molar-refractivity contribution in [2.45, 2.75) is 33.1 Å². The fourth-order valence-electron chi connectivity index (χ4n) is 2.05. The van der Waals surface area contributed by atoms with E-state index in [0.29, 0.717) is 0 Å². The van der Waals surface area contributed by atoms with E-state index in [9.17, 15) is 0 Å². The van der Waals surface area contributed by atoms with Gasteiger partial charge >= 0.3 is 0 Å². The highest BCUT2D eigenvalue weighted by Crippen LogP contribution is 2.12. The number of benzene rings is 1. The van der Waals surface area contributed by atoms with E-state index in [1.165, 1.54) is 31.5 Å². The second kappa shape index (κ2) is 8.13. The lowest BCUT2D eigenvalue weighted by Gasteiger charge is -2.20. The molecule has 0 fully saturated rings. The van der Waals surface area contributed by atoms with Crippen LogP contribution in [0.2, 0.25) is 0 Å². The van der Waals surface area contributed by atoms with Crippen molar-refractivity contribution in [3.8, 4) is 5.75 Å². The van der Waals surface area contributed by atoms with E-state index < -0.39 is 0 Å². The van der Waals surface area contributed by atoms with Crippen LogP contribution in [0.5, 0.6) is 5.75 Å². The second-order valence-corrected chi connectivity index (χ2v) is 4.44. The first kappa shape index (κ1) is 14.0. The van der Waals surface area contributed by atoms with Crippen molar-refractivity contribution >= 4 is 0 Å². The summed E-state index contributed by atoms with van der Waals surface area (Å²) < 4.78 is 5.16. The zero-order valence-electron chi connectivity index (χ0n) is 11.4. The fraction of sp³-hybridized carbons (Fsp3) is 0.600. The lowest BCUT2D eigenvalue weighted by Crippen LogP contribution is -2.27. The van der Waals surface area contributed by atoms with Gasteiger partial charge < -0.3 is 9.64 Å². The van der Waals surface area contributed by atoms with Gasteiger partial charge in [0.1, 0.15) is 5.75 Å². The molecule has 17 heavy (non-hydrogen) atoms. The van der Waals surface area contributed by atoms with Gasteiger partial charge in [0.25, 0.3) is 0 Å². The molecule has 0 saturated heterocycles. The summed E-state index contributed by atoms with van der Waals surface area (Å²) in [5.41, 5.74) is 1.39. The van der Waals surface area contributed by atoms with Crippen molar-refractivity contribution in [2.24, 2.45) is 0 Å². The molecule has 1 aromatic carbocycles. The summed E-state index contributed by atoms with van der Waals surface area (Å²) in [6.07, 6.45) is 3.61. The molecule has 1 aromatic rings. The maximum atomic E-state index is 5.16. The smallest absolute Gasteiger partial charge is 0.118 e. The SMILES string of the molecule is CCCN(CCC)CCc1ccc(OC)cc1. The van der Waals surface area contributed by atoms with Gasteiger partial charge in [0, 0.05) is 6.54 Å². The maximum Gasteiger partial charge on any atom is 0.118 e. The number of ether oxygens (including phenoxy) is 1. The van der Waals surface area contributed by atoms with E-state index in [-0.39, 0.29) is 0 Å².